The summed E-state index contributed by atoms with van der Waals surface area (Å²) in [6, 6.07) is 1.00. The van der Waals surface area contributed by atoms with Crippen molar-refractivity contribution in [1.29, 1.82) is 0 Å². The van der Waals surface area contributed by atoms with E-state index in [9.17, 15) is 13.2 Å². The largest absolute Gasteiger partial charge is 0.454 e. The molecule has 0 amide bonds. The van der Waals surface area contributed by atoms with Crippen molar-refractivity contribution in [2.45, 2.75) is 24.8 Å². The Labute approximate surface area is 123 Å². The third-order valence-corrected chi connectivity index (χ3v) is 4.16. The second kappa shape index (κ2) is 6.74. The summed E-state index contributed by atoms with van der Waals surface area (Å²) < 4.78 is 37.2. The Morgan fingerprint density at radius 2 is 2.21 bits per heavy atom. The van der Waals surface area contributed by atoms with Crippen LogP contribution in [0.25, 0.3) is 0 Å². The lowest BCUT2D eigenvalue weighted by Crippen LogP contribution is -2.20. The minimum Gasteiger partial charge on any atom is -0.454 e. The van der Waals surface area contributed by atoms with Gasteiger partial charge in [-0.05, 0) is 29.8 Å². The molecule has 0 aliphatic carbocycles. The van der Waals surface area contributed by atoms with Gasteiger partial charge in [-0.3, -0.25) is 0 Å². The summed E-state index contributed by atoms with van der Waals surface area (Å²) >= 11 is 2.87. The molecule has 19 heavy (non-hydrogen) atoms. The van der Waals surface area contributed by atoms with Crippen molar-refractivity contribution in [2.24, 2.45) is 0 Å². The van der Waals surface area contributed by atoms with Gasteiger partial charge in [-0.15, -0.1) is 0 Å². The highest BCUT2D eigenvalue weighted by Gasteiger charge is 2.24. The van der Waals surface area contributed by atoms with Crippen LogP contribution in [0.5, 0.6) is 0 Å². The molecule has 1 heterocycles. The molecule has 0 fully saturated rings. The van der Waals surface area contributed by atoms with Gasteiger partial charge in [0.2, 0.25) is 5.76 Å². The van der Waals surface area contributed by atoms with Crippen molar-refractivity contribution in [1.82, 2.24) is 0 Å². The molecule has 1 rings (SSSR count). The number of rotatable bonds is 6. The lowest BCUT2D eigenvalue weighted by atomic mass is 10.4. The zero-order valence-electron chi connectivity index (χ0n) is 10.2. The van der Waals surface area contributed by atoms with Gasteiger partial charge in [0.15, 0.2) is 4.67 Å². The number of carbonyl (C=O) groups is 1. The predicted molar refractivity (Wildman–Crippen MR) is 70.8 cm³/mol. The van der Waals surface area contributed by atoms with Crippen LogP contribution in [0.2, 0.25) is 0 Å². The molecule has 1 aromatic rings. The maximum absolute atomic E-state index is 11.7. The van der Waals surface area contributed by atoms with Crippen LogP contribution in [0.3, 0.4) is 0 Å². The summed E-state index contributed by atoms with van der Waals surface area (Å²) in [7, 11) is 1.18. The van der Waals surface area contributed by atoms with E-state index >= 15 is 0 Å². The zero-order valence-corrected chi connectivity index (χ0v) is 13.3. The molecule has 0 N–H and O–H groups in total. The molecule has 0 saturated heterocycles. The summed E-state index contributed by atoms with van der Waals surface area (Å²) in [6.07, 6.45) is -0.479. The van der Waals surface area contributed by atoms with Gasteiger partial charge < -0.3 is 13.9 Å². The van der Waals surface area contributed by atoms with Gasteiger partial charge in [0.05, 0.1) is 6.61 Å². The number of ether oxygens (including phenoxy) is 2. The third-order valence-electron chi connectivity index (χ3n) is 1.98. The van der Waals surface area contributed by atoms with Crippen LogP contribution in [0.4, 0.5) is 0 Å². The first-order valence-corrected chi connectivity index (χ1v) is 8.38. The molecule has 1 atom stereocenters. The van der Waals surface area contributed by atoms with E-state index in [-0.39, 0.29) is 21.9 Å². The Morgan fingerprint density at radius 3 is 2.68 bits per heavy atom. The first-order valence-electron chi connectivity index (χ1n) is 5.28. The predicted octanol–water partition coefficient (Wildman–Crippen LogP) is 2.55. The SMILES string of the molecule is CCOCC(C)OC(=O)c1cc(S(=O)(=O)Cl)c(Br)o1. The van der Waals surface area contributed by atoms with E-state index in [1.54, 1.807) is 6.92 Å². The van der Waals surface area contributed by atoms with Crippen LogP contribution in [0.1, 0.15) is 24.4 Å². The van der Waals surface area contributed by atoms with E-state index < -0.39 is 21.1 Å². The minimum absolute atomic E-state index is 0.146. The van der Waals surface area contributed by atoms with Crippen LogP contribution in [0, 0.1) is 0 Å². The quantitative estimate of drug-likeness (QED) is 0.561. The zero-order chi connectivity index (χ0) is 14.6. The second-order valence-electron chi connectivity index (χ2n) is 3.56. The Morgan fingerprint density at radius 1 is 1.58 bits per heavy atom. The molecule has 1 unspecified atom stereocenters. The van der Waals surface area contributed by atoms with Gasteiger partial charge >= 0.3 is 5.97 Å². The normalized spacial score (nSPS) is 13.3. The average molecular weight is 376 g/mol. The van der Waals surface area contributed by atoms with Crippen LogP contribution >= 0.6 is 26.6 Å². The highest BCUT2D eigenvalue weighted by molar-refractivity contribution is 9.10. The standard InChI is InChI=1S/C10H12BrClO6S/c1-3-16-5-6(2)17-10(13)7-4-8(9(11)18-7)19(12,14)15/h4,6H,3,5H2,1-2H3. The molecule has 0 radical (unpaired) electrons. The van der Waals surface area contributed by atoms with Gasteiger partial charge in [0.1, 0.15) is 11.0 Å². The highest BCUT2D eigenvalue weighted by Crippen LogP contribution is 2.29. The van der Waals surface area contributed by atoms with Gasteiger partial charge in [-0.1, -0.05) is 0 Å². The molecule has 108 valence electrons. The Kier molecular flexibility index (Phi) is 5.84. The van der Waals surface area contributed by atoms with Crippen LogP contribution < -0.4 is 0 Å². The Bertz CT molecular complexity index is 552. The molecule has 6 nitrogen and oxygen atoms in total. The van der Waals surface area contributed by atoms with Crippen molar-refractivity contribution in [3.63, 3.8) is 0 Å². The third kappa shape index (κ3) is 4.79. The topological polar surface area (TPSA) is 82.8 Å². The van der Waals surface area contributed by atoms with Crippen molar-refractivity contribution >= 4 is 41.6 Å². The number of hydrogen-bond donors (Lipinski definition) is 0. The lowest BCUT2D eigenvalue weighted by Gasteiger charge is -2.11. The molecule has 9 heteroatoms. The van der Waals surface area contributed by atoms with Crippen molar-refractivity contribution < 1.29 is 27.1 Å². The highest BCUT2D eigenvalue weighted by atomic mass is 79.9. The van der Waals surface area contributed by atoms with Crippen LogP contribution in [-0.4, -0.2) is 33.7 Å². The molecule has 0 spiro atoms. The van der Waals surface area contributed by atoms with Gasteiger partial charge in [0, 0.05) is 23.4 Å². The van der Waals surface area contributed by atoms with Crippen molar-refractivity contribution in [3.8, 4) is 0 Å². The van der Waals surface area contributed by atoms with E-state index in [1.165, 1.54) is 0 Å². The number of halogens is 2. The van der Waals surface area contributed by atoms with Crippen LogP contribution in [-0.2, 0) is 18.5 Å². The van der Waals surface area contributed by atoms with E-state index in [0.29, 0.717) is 6.61 Å². The van der Waals surface area contributed by atoms with Crippen LogP contribution in [0.15, 0.2) is 20.0 Å². The molecule has 0 aliphatic rings. The van der Waals surface area contributed by atoms with E-state index in [0.717, 1.165) is 6.07 Å². The fraction of sp³-hybridized carbons (Fsp3) is 0.500. The van der Waals surface area contributed by atoms with Gasteiger partial charge in [-0.2, -0.15) is 0 Å². The first kappa shape index (κ1) is 16.5. The summed E-state index contributed by atoms with van der Waals surface area (Å²) in [5, 5.41) is 0. The second-order valence-corrected chi connectivity index (χ2v) is 6.82. The fourth-order valence-corrected chi connectivity index (χ4v) is 3.21. The monoisotopic (exact) mass is 374 g/mol. The number of esters is 1. The molecule has 0 saturated carbocycles. The molecular weight excluding hydrogens is 364 g/mol. The summed E-state index contributed by atoms with van der Waals surface area (Å²) in [5.41, 5.74) is 0. The minimum atomic E-state index is -3.99. The molecule has 0 aliphatic heterocycles. The molecule has 1 aromatic heterocycles. The maximum Gasteiger partial charge on any atom is 0.374 e. The van der Waals surface area contributed by atoms with E-state index in [2.05, 4.69) is 15.9 Å². The molecule has 0 bridgehead atoms. The lowest BCUT2D eigenvalue weighted by molar-refractivity contribution is 0.00167. The number of carbonyl (C=O) groups excluding carboxylic acids is 1. The molecule has 0 aromatic carbocycles. The van der Waals surface area contributed by atoms with E-state index in [4.69, 9.17) is 24.6 Å². The van der Waals surface area contributed by atoms with E-state index in [1.807, 2.05) is 6.92 Å². The first-order chi connectivity index (χ1) is 8.75. The average Bonchev–Trinajstić information content (AvgIpc) is 2.68. The number of furan rings is 1. The van der Waals surface area contributed by atoms with Gasteiger partial charge in [-0.25, -0.2) is 13.2 Å². The van der Waals surface area contributed by atoms with Crippen molar-refractivity contribution in [3.05, 3.63) is 16.5 Å². The fourth-order valence-electron chi connectivity index (χ4n) is 1.18. The van der Waals surface area contributed by atoms with Gasteiger partial charge in [0.25, 0.3) is 9.05 Å². The number of hydrogen-bond acceptors (Lipinski definition) is 6. The Hall–Kier alpha value is -0.570. The Balaban J connectivity index is 2.79. The van der Waals surface area contributed by atoms with Crippen molar-refractivity contribution in [2.75, 3.05) is 13.2 Å². The summed E-state index contributed by atoms with van der Waals surface area (Å²) in [5.74, 6) is -1.05. The summed E-state index contributed by atoms with van der Waals surface area (Å²) in [4.78, 5) is 11.4. The maximum atomic E-state index is 11.7. The molecular formula is C10H12BrClO6S. The smallest absolute Gasteiger partial charge is 0.374 e. The summed E-state index contributed by atoms with van der Waals surface area (Å²) in [6.45, 7) is 4.20.